The molecule has 2 radical (unpaired) electrons. The Labute approximate surface area is 197 Å². The van der Waals surface area contributed by atoms with E-state index in [1.54, 1.807) is 24.4 Å². The summed E-state index contributed by atoms with van der Waals surface area (Å²) in [6.45, 7) is -0.622. The molecule has 34 heavy (non-hydrogen) atoms. The third kappa shape index (κ3) is 7.13. The Balaban J connectivity index is 1.65. The van der Waals surface area contributed by atoms with Crippen molar-refractivity contribution in [1.29, 1.82) is 0 Å². The quantitative estimate of drug-likeness (QED) is 0.342. The van der Waals surface area contributed by atoms with Gasteiger partial charge in [0.05, 0.1) is 38.8 Å². The van der Waals surface area contributed by atoms with Gasteiger partial charge in [-0.1, -0.05) is 12.1 Å². The van der Waals surface area contributed by atoms with Crippen molar-refractivity contribution in [1.82, 2.24) is 4.90 Å². The molecule has 11 heteroatoms. The van der Waals surface area contributed by atoms with E-state index < -0.39 is 30.5 Å². The Bertz CT molecular complexity index is 1020. The number of ether oxygens (including phenoxy) is 2. The number of halogens is 3. The molecule has 2 aromatic rings. The van der Waals surface area contributed by atoms with Gasteiger partial charge in [-0.25, -0.2) is 0 Å². The Morgan fingerprint density at radius 3 is 2.76 bits per heavy atom. The number of aromatic nitrogens is 1. The maximum atomic E-state index is 13.1. The molecule has 1 amide bonds. The molecule has 3 rings (SSSR count). The Hall–Kier alpha value is -3.24. The molecule has 1 aromatic carbocycles. The van der Waals surface area contributed by atoms with E-state index in [0.29, 0.717) is 36.4 Å². The highest BCUT2D eigenvalue weighted by Crippen LogP contribution is 2.30. The molecule has 2 heterocycles. The average Bonchev–Trinajstić information content (AvgIpc) is 2.90. The van der Waals surface area contributed by atoms with E-state index in [4.69, 9.17) is 12.7 Å². The van der Waals surface area contributed by atoms with E-state index in [1.165, 1.54) is 11.6 Å². The van der Waals surface area contributed by atoms with Gasteiger partial charge >= 0.3 is 20.1 Å². The maximum absolute atomic E-state index is 13.1. The standard InChI is InChI=1S/C23H26BF3N3O4/c1-33-21(31)13-17-11-16-6-7-19(12-18(16)14-29(22(17)32)15-23(25,26)27)34-10-4-8-28-20-5-2-3-9-30(20)24/h2-3,5-7,9,12,17,28H,4,8,10-11,13-15H2,1H3/q+1. The fourth-order valence-electron chi connectivity index (χ4n) is 3.81. The lowest BCUT2D eigenvalue weighted by Crippen LogP contribution is -2.41. The normalized spacial score (nSPS) is 15.9. The zero-order chi connectivity index (χ0) is 24.7. The van der Waals surface area contributed by atoms with Crippen LogP contribution in [0, 0.1) is 5.92 Å². The fourth-order valence-corrected chi connectivity index (χ4v) is 3.81. The zero-order valence-electron chi connectivity index (χ0n) is 18.8. The smallest absolute Gasteiger partial charge is 0.408 e. The topological polar surface area (TPSA) is 71.8 Å². The molecular formula is C23H26BF3N3O4+. The predicted octanol–water partition coefficient (Wildman–Crippen LogP) is 2.41. The number of rotatable bonds is 9. The second kappa shape index (κ2) is 11.3. The number of pyridine rings is 1. The Morgan fingerprint density at radius 1 is 1.26 bits per heavy atom. The SMILES string of the molecule is [B][n+]1ccccc1NCCCOc1ccc2c(c1)CN(CC(F)(F)F)C(=O)C(CC(=O)OC)C2. The number of hydrogen-bond acceptors (Lipinski definition) is 5. The summed E-state index contributed by atoms with van der Waals surface area (Å²) in [4.78, 5) is 25.3. The van der Waals surface area contributed by atoms with E-state index in [2.05, 4.69) is 10.1 Å². The molecule has 0 bridgehead atoms. The van der Waals surface area contributed by atoms with Gasteiger partial charge in [-0.2, -0.15) is 13.2 Å². The Morgan fingerprint density at radius 2 is 2.06 bits per heavy atom. The largest absolute Gasteiger partial charge is 0.493 e. The van der Waals surface area contributed by atoms with Crippen LogP contribution in [0.15, 0.2) is 42.6 Å². The van der Waals surface area contributed by atoms with Gasteiger partial charge in [0.1, 0.15) is 12.3 Å². The monoisotopic (exact) mass is 476 g/mol. The van der Waals surface area contributed by atoms with Crippen molar-refractivity contribution in [3.8, 4) is 5.75 Å². The summed E-state index contributed by atoms with van der Waals surface area (Å²) in [6.07, 6.45) is -2.31. The second-order valence-electron chi connectivity index (χ2n) is 8.04. The predicted molar refractivity (Wildman–Crippen MR) is 118 cm³/mol. The maximum Gasteiger partial charge on any atom is 0.408 e. The summed E-state index contributed by atoms with van der Waals surface area (Å²) >= 11 is 0. The van der Waals surface area contributed by atoms with Gasteiger partial charge < -0.3 is 18.9 Å². The van der Waals surface area contributed by atoms with Crippen LogP contribution in [0.3, 0.4) is 0 Å². The lowest BCUT2D eigenvalue weighted by molar-refractivity contribution is -0.505. The van der Waals surface area contributed by atoms with Gasteiger partial charge in [0.2, 0.25) is 5.91 Å². The first kappa shape index (κ1) is 25.4. The van der Waals surface area contributed by atoms with Crippen molar-refractivity contribution < 1.29 is 36.7 Å². The van der Waals surface area contributed by atoms with Crippen molar-refractivity contribution in [3.05, 3.63) is 53.7 Å². The molecule has 1 aliphatic rings. The van der Waals surface area contributed by atoms with Crippen LogP contribution in [0.4, 0.5) is 19.0 Å². The molecule has 0 fully saturated rings. The van der Waals surface area contributed by atoms with E-state index in [9.17, 15) is 22.8 Å². The van der Waals surface area contributed by atoms with Crippen LogP contribution in [-0.4, -0.2) is 57.7 Å². The first-order chi connectivity index (χ1) is 16.2. The van der Waals surface area contributed by atoms with E-state index in [-0.39, 0.29) is 19.4 Å². The molecule has 180 valence electrons. The molecular weight excluding hydrogens is 450 g/mol. The zero-order valence-corrected chi connectivity index (χ0v) is 18.8. The van der Waals surface area contributed by atoms with Gasteiger partial charge in [-0.3, -0.25) is 14.9 Å². The number of amides is 1. The van der Waals surface area contributed by atoms with Crippen LogP contribution in [0.1, 0.15) is 24.0 Å². The van der Waals surface area contributed by atoms with Gasteiger partial charge in [-0.15, -0.1) is 0 Å². The van der Waals surface area contributed by atoms with E-state index in [1.807, 2.05) is 18.2 Å². The number of anilines is 1. The summed E-state index contributed by atoms with van der Waals surface area (Å²) in [6, 6.07) is 10.6. The van der Waals surface area contributed by atoms with Crippen molar-refractivity contribution in [2.45, 2.75) is 32.0 Å². The molecule has 1 atom stereocenters. The summed E-state index contributed by atoms with van der Waals surface area (Å²) in [5.74, 6) is -1.03. The number of nitrogens with one attached hydrogen (secondary N) is 1. The third-order valence-electron chi connectivity index (χ3n) is 5.46. The second-order valence-corrected chi connectivity index (χ2v) is 8.04. The molecule has 0 saturated heterocycles. The van der Waals surface area contributed by atoms with Crippen LogP contribution in [0.2, 0.25) is 0 Å². The molecule has 7 nitrogen and oxygen atoms in total. The van der Waals surface area contributed by atoms with Gasteiger partial charge in [-0.05, 0) is 35.7 Å². The minimum absolute atomic E-state index is 0.151. The molecule has 1 N–H and O–H groups in total. The lowest BCUT2D eigenvalue weighted by atomic mass is 9.94. The number of alkyl halides is 3. The van der Waals surface area contributed by atoms with Crippen LogP contribution in [0.25, 0.3) is 0 Å². The molecule has 0 saturated carbocycles. The van der Waals surface area contributed by atoms with Crippen molar-refractivity contribution >= 4 is 25.7 Å². The van der Waals surface area contributed by atoms with Crippen molar-refractivity contribution in [2.75, 3.05) is 32.1 Å². The number of hydrogen-bond donors (Lipinski definition) is 1. The first-order valence-electron chi connectivity index (χ1n) is 10.8. The first-order valence-corrected chi connectivity index (χ1v) is 10.8. The number of carbonyl (C=O) groups excluding carboxylic acids is 2. The summed E-state index contributed by atoms with van der Waals surface area (Å²) in [5, 5.41) is 3.18. The molecule has 1 aromatic heterocycles. The summed E-state index contributed by atoms with van der Waals surface area (Å²) < 4.78 is 51.2. The number of fused-ring (bicyclic) bond motifs is 1. The number of methoxy groups -OCH3 is 1. The average molecular weight is 476 g/mol. The minimum atomic E-state index is -4.56. The third-order valence-corrected chi connectivity index (χ3v) is 5.46. The Kier molecular flexibility index (Phi) is 8.41. The van der Waals surface area contributed by atoms with Crippen molar-refractivity contribution in [2.24, 2.45) is 5.92 Å². The number of benzene rings is 1. The fraction of sp³-hybridized carbons (Fsp3) is 0.435. The molecule has 1 unspecified atom stereocenters. The van der Waals surface area contributed by atoms with E-state index in [0.717, 1.165) is 10.7 Å². The lowest BCUT2D eigenvalue weighted by Gasteiger charge is -2.25. The summed E-state index contributed by atoms with van der Waals surface area (Å²) in [7, 11) is 6.98. The number of carbonyl (C=O) groups is 2. The number of nitrogens with zero attached hydrogens (tertiary/aromatic N) is 2. The molecule has 0 spiro atoms. The van der Waals surface area contributed by atoms with E-state index >= 15 is 0 Å². The van der Waals surface area contributed by atoms with Gasteiger partial charge in [0.15, 0.2) is 0 Å². The highest BCUT2D eigenvalue weighted by molar-refractivity contribution is 5.95. The van der Waals surface area contributed by atoms with Gasteiger partial charge in [0.25, 0.3) is 5.82 Å². The van der Waals surface area contributed by atoms with Crippen LogP contribution < -0.4 is 14.5 Å². The highest BCUT2D eigenvalue weighted by atomic mass is 19.4. The molecule has 0 aliphatic carbocycles. The van der Waals surface area contributed by atoms with Crippen LogP contribution in [-0.2, 0) is 27.3 Å². The summed E-state index contributed by atoms with van der Waals surface area (Å²) in [5.41, 5.74) is 1.27. The van der Waals surface area contributed by atoms with Crippen molar-refractivity contribution in [3.63, 3.8) is 0 Å². The highest BCUT2D eigenvalue weighted by Gasteiger charge is 2.38. The minimum Gasteiger partial charge on any atom is -0.493 e. The molecule has 1 aliphatic heterocycles. The van der Waals surface area contributed by atoms with Crippen LogP contribution >= 0.6 is 0 Å². The van der Waals surface area contributed by atoms with Crippen LogP contribution in [0.5, 0.6) is 5.75 Å². The van der Waals surface area contributed by atoms with Gasteiger partial charge in [0, 0.05) is 19.0 Å². The number of esters is 1.